The van der Waals surface area contributed by atoms with E-state index in [0.29, 0.717) is 17.8 Å². The van der Waals surface area contributed by atoms with Crippen LogP contribution in [0.4, 0.5) is 5.69 Å². The molecule has 16 heavy (non-hydrogen) atoms. The fourth-order valence-electron chi connectivity index (χ4n) is 1.26. The van der Waals surface area contributed by atoms with Crippen LogP contribution >= 0.6 is 0 Å². The molecule has 0 fully saturated rings. The molecule has 0 saturated heterocycles. The van der Waals surface area contributed by atoms with Gasteiger partial charge in [-0.15, -0.1) is 0 Å². The number of anilines is 1. The van der Waals surface area contributed by atoms with E-state index in [1.807, 2.05) is 0 Å². The number of amides is 1. The minimum Gasteiger partial charge on any atom is -0.397 e. The van der Waals surface area contributed by atoms with Gasteiger partial charge in [0.05, 0.1) is 17.4 Å². The van der Waals surface area contributed by atoms with Crippen LogP contribution in [0.1, 0.15) is 37.6 Å². The SMILES string of the molecule is CC(C)(C)CCNC(=O)c1ccncc1N. The Labute approximate surface area is 96.3 Å². The second-order valence-electron chi connectivity index (χ2n) is 5.03. The Kier molecular flexibility index (Phi) is 3.88. The quantitative estimate of drug-likeness (QED) is 0.818. The van der Waals surface area contributed by atoms with E-state index in [1.165, 1.54) is 6.20 Å². The number of nitrogens with one attached hydrogen (secondary N) is 1. The fraction of sp³-hybridized carbons (Fsp3) is 0.500. The third kappa shape index (κ3) is 3.88. The number of hydrogen-bond donors (Lipinski definition) is 2. The average Bonchev–Trinajstić information content (AvgIpc) is 2.16. The molecule has 0 aliphatic heterocycles. The highest BCUT2D eigenvalue weighted by Gasteiger charge is 2.12. The summed E-state index contributed by atoms with van der Waals surface area (Å²) in [4.78, 5) is 15.6. The van der Waals surface area contributed by atoms with Crippen LogP contribution < -0.4 is 11.1 Å². The highest BCUT2D eigenvalue weighted by molar-refractivity contribution is 5.98. The van der Waals surface area contributed by atoms with Gasteiger partial charge in [0.15, 0.2) is 0 Å². The summed E-state index contributed by atoms with van der Waals surface area (Å²) in [5.74, 6) is -0.135. The molecular formula is C12H19N3O. The Bertz CT molecular complexity index is 369. The van der Waals surface area contributed by atoms with E-state index in [1.54, 1.807) is 12.3 Å². The number of pyridine rings is 1. The lowest BCUT2D eigenvalue weighted by Crippen LogP contribution is -2.27. The summed E-state index contributed by atoms with van der Waals surface area (Å²) >= 11 is 0. The van der Waals surface area contributed by atoms with Crippen LogP contribution in [0.3, 0.4) is 0 Å². The second kappa shape index (κ2) is 4.96. The summed E-state index contributed by atoms with van der Waals surface area (Å²) in [6.07, 6.45) is 3.98. The van der Waals surface area contributed by atoms with Gasteiger partial charge in [-0.05, 0) is 17.9 Å². The lowest BCUT2D eigenvalue weighted by atomic mass is 9.92. The van der Waals surface area contributed by atoms with Gasteiger partial charge in [0.25, 0.3) is 5.91 Å². The minimum absolute atomic E-state index is 0.135. The van der Waals surface area contributed by atoms with E-state index in [0.717, 1.165) is 6.42 Å². The van der Waals surface area contributed by atoms with Gasteiger partial charge >= 0.3 is 0 Å². The zero-order valence-electron chi connectivity index (χ0n) is 10.1. The maximum Gasteiger partial charge on any atom is 0.253 e. The molecule has 1 heterocycles. The molecule has 0 spiro atoms. The van der Waals surface area contributed by atoms with E-state index < -0.39 is 0 Å². The highest BCUT2D eigenvalue weighted by atomic mass is 16.1. The van der Waals surface area contributed by atoms with Gasteiger partial charge in [-0.2, -0.15) is 0 Å². The van der Waals surface area contributed by atoms with Gasteiger partial charge in [0.2, 0.25) is 0 Å². The predicted octanol–water partition coefficient (Wildman–Crippen LogP) is 1.83. The van der Waals surface area contributed by atoms with Gasteiger partial charge in [0.1, 0.15) is 0 Å². The molecule has 0 atom stereocenters. The largest absolute Gasteiger partial charge is 0.397 e. The average molecular weight is 221 g/mol. The van der Waals surface area contributed by atoms with Crippen LogP contribution in [0.2, 0.25) is 0 Å². The standard InChI is InChI=1S/C12H19N3O/c1-12(2,3)5-7-15-11(16)9-4-6-14-8-10(9)13/h4,6,8H,5,7,13H2,1-3H3,(H,15,16). The predicted molar refractivity (Wildman–Crippen MR) is 65.1 cm³/mol. The number of carbonyl (C=O) groups is 1. The molecule has 88 valence electrons. The number of hydrogen-bond acceptors (Lipinski definition) is 3. The number of nitrogens with zero attached hydrogens (tertiary/aromatic N) is 1. The summed E-state index contributed by atoms with van der Waals surface area (Å²) in [7, 11) is 0. The maximum absolute atomic E-state index is 11.7. The molecule has 0 bridgehead atoms. The number of aromatic nitrogens is 1. The Morgan fingerprint density at radius 2 is 2.19 bits per heavy atom. The van der Waals surface area contributed by atoms with E-state index in [-0.39, 0.29) is 11.3 Å². The van der Waals surface area contributed by atoms with Crippen LogP contribution in [-0.2, 0) is 0 Å². The van der Waals surface area contributed by atoms with Crippen LogP contribution in [-0.4, -0.2) is 17.4 Å². The Morgan fingerprint density at radius 1 is 1.50 bits per heavy atom. The van der Waals surface area contributed by atoms with Gasteiger partial charge in [-0.25, -0.2) is 0 Å². The Hall–Kier alpha value is -1.58. The maximum atomic E-state index is 11.7. The third-order valence-corrected chi connectivity index (χ3v) is 2.26. The molecule has 0 saturated carbocycles. The molecule has 0 unspecified atom stereocenters. The zero-order chi connectivity index (χ0) is 12.2. The summed E-state index contributed by atoms with van der Waals surface area (Å²) in [6, 6.07) is 1.63. The van der Waals surface area contributed by atoms with Crippen molar-refractivity contribution in [3.05, 3.63) is 24.0 Å². The number of rotatable bonds is 3. The lowest BCUT2D eigenvalue weighted by Gasteiger charge is -2.18. The van der Waals surface area contributed by atoms with Crippen molar-refractivity contribution in [2.24, 2.45) is 5.41 Å². The topological polar surface area (TPSA) is 68.0 Å². The van der Waals surface area contributed by atoms with Crippen molar-refractivity contribution >= 4 is 11.6 Å². The first-order chi connectivity index (χ1) is 7.40. The molecule has 4 nitrogen and oxygen atoms in total. The van der Waals surface area contributed by atoms with Crippen molar-refractivity contribution in [1.29, 1.82) is 0 Å². The summed E-state index contributed by atoms with van der Waals surface area (Å²) in [5.41, 5.74) is 6.78. The molecule has 0 aromatic carbocycles. The molecular weight excluding hydrogens is 202 g/mol. The number of nitrogens with two attached hydrogens (primary N) is 1. The van der Waals surface area contributed by atoms with Crippen molar-refractivity contribution < 1.29 is 4.79 Å². The van der Waals surface area contributed by atoms with Gasteiger partial charge in [0, 0.05) is 12.7 Å². The normalized spacial score (nSPS) is 11.2. The molecule has 4 heteroatoms. The Balaban J connectivity index is 2.51. The smallest absolute Gasteiger partial charge is 0.253 e. The Morgan fingerprint density at radius 3 is 2.75 bits per heavy atom. The molecule has 0 radical (unpaired) electrons. The van der Waals surface area contributed by atoms with Gasteiger partial charge in [-0.3, -0.25) is 9.78 Å². The van der Waals surface area contributed by atoms with E-state index in [2.05, 4.69) is 31.1 Å². The summed E-state index contributed by atoms with van der Waals surface area (Å²) < 4.78 is 0. The summed E-state index contributed by atoms with van der Waals surface area (Å²) in [5, 5.41) is 2.85. The lowest BCUT2D eigenvalue weighted by molar-refractivity contribution is 0.0950. The van der Waals surface area contributed by atoms with Crippen LogP contribution in [0.15, 0.2) is 18.5 Å². The third-order valence-electron chi connectivity index (χ3n) is 2.26. The molecule has 0 aliphatic carbocycles. The van der Waals surface area contributed by atoms with Crippen molar-refractivity contribution in [2.75, 3.05) is 12.3 Å². The van der Waals surface area contributed by atoms with Crippen LogP contribution in [0, 0.1) is 5.41 Å². The summed E-state index contributed by atoms with van der Waals surface area (Å²) in [6.45, 7) is 7.07. The number of nitrogen functional groups attached to an aromatic ring is 1. The van der Waals surface area contributed by atoms with Gasteiger partial charge < -0.3 is 11.1 Å². The zero-order valence-corrected chi connectivity index (χ0v) is 10.1. The van der Waals surface area contributed by atoms with Gasteiger partial charge in [-0.1, -0.05) is 20.8 Å². The molecule has 1 aromatic rings. The van der Waals surface area contributed by atoms with Crippen molar-refractivity contribution in [3.63, 3.8) is 0 Å². The first-order valence-electron chi connectivity index (χ1n) is 5.38. The van der Waals surface area contributed by atoms with Crippen molar-refractivity contribution in [3.8, 4) is 0 Å². The number of carbonyl (C=O) groups excluding carboxylic acids is 1. The van der Waals surface area contributed by atoms with E-state index in [9.17, 15) is 4.79 Å². The molecule has 3 N–H and O–H groups in total. The van der Waals surface area contributed by atoms with E-state index in [4.69, 9.17) is 5.73 Å². The first-order valence-corrected chi connectivity index (χ1v) is 5.38. The monoisotopic (exact) mass is 221 g/mol. The van der Waals surface area contributed by atoms with E-state index >= 15 is 0 Å². The van der Waals surface area contributed by atoms with Crippen LogP contribution in [0.5, 0.6) is 0 Å². The minimum atomic E-state index is -0.135. The van der Waals surface area contributed by atoms with Crippen molar-refractivity contribution in [2.45, 2.75) is 27.2 Å². The first kappa shape index (κ1) is 12.5. The molecule has 1 rings (SSSR count). The molecule has 1 aromatic heterocycles. The molecule has 0 aliphatic rings. The molecule has 1 amide bonds. The van der Waals surface area contributed by atoms with Crippen molar-refractivity contribution in [1.82, 2.24) is 10.3 Å². The highest BCUT2D eigenvalue weighted by Crippen LogP contribution is 2.17. The van der Waals surface area contributed by atoms with Crippen LogP contribution in [0.25, 0.3) is 0 Å². The second-order valence-corrected chi connectivity index (χ2v) is 5.03. The fourth-order valence-corrected chi connectivity index (χ4v) is 1.26.